The Morgan fingerprint density at radius 1 is 0.698 bits per heavy atom. The van der Waals surface area contributed by atoms with Crippen LogP contribution in [0.2, 0.25) is 0 Å². The number of quaternary nitrogens is 1. The third-order valence-corrected chi connectivity index (χ3v) is 9.12. The fraction of sp³-hybridized carbons (Fsp3) is 0.714. The zero-order valence-electron chi connectivity index (χ0n) is 33.8. The van der Waals surface area contributed by atoms with Crippen molar-refractivity contribution in [3.05, 3.63) is 60.8 Å². The van der Waals surface area contributed by atoms with Crippen LogP contribution < -0.4 is 4.89 Å². The zero-order chi connectivity index (χ0) is 39.5. The summed E-state index contributed by atoms with van der Waals surface area (Å²) in [5.74, 6) is -1.04. The highest BCUT2D eigenvalue weighted by atomic mass is 31.2. The molecule has 0 aromatic heterocycles. The van der Waals surface area contributed by atoms with Gasteiger partial charge in [-0.25, -0.2) is 0 Å². The highest BCUT2D eigenvalue weighted by molar-refractivity contribution is 7.45. The molecule has 0 heterocycles. The van der Waals surface area contributed by atoms with Crippen molar-refractivity contribution in [2.24, 2.45) is 0 Å². The minimum Gasteiger partial charge on any atom is -0.756 e. The van der Waals surface area contributed by atoms with Gasteiger partial charge in [-0.3, -0.25) is 14.2 Å². The Hall–Kier alpha value is -2.33. The molecule has 0 saturated carbocycles. The lowest BCUT2D eigenvalue weighted by molar-refractivity contribution is -0.870. The van der Waals surface area contributed by atoms with E-state index in [0.29, 0.717) is 30.3 Å². The molecule has 2 unspecified atom stereocenters. The number of nitrogens with zero attached hydrogens (tertiary/aromatic N) is 1. The van der Waals surface area contributed by atoms with Crippen LogP contribution in [0, 0.1) is 0 Å². The molecule has 3 atom stereocenters. The van der Waals surface area contributed by atoms with Crippen molar-refractivity contribution in [2.45, 2.75) is 148 Å². The van der Waals surface area contributed by atoms with Crippen LogP contribution in [0.3, 0.4) is 0 Å². The van der Waals surface area contributed by atoms with Crippen molar-refractivity contribution in [1.29, 1.82) is 0 Å². The van der Waals surface area contributed by atoms with Gasteiger partial charge in [0.15, 0.2) is 6.10 Å². The highest BCUT2D eigenvalue weighted by Crippen LogP contribution is 2.38. The SMILES string of the molecule is CC/C=C\C/C=C\C/C=C\C/C=C\C=C\C(O)CCCC(=O)O[C@H](COC(=O)CCCCCCCCCCCCC)COP(=O)([O-])OCC[N+](C)(C)C. The van der Waals surface area contributed by atoms with Gasteiger partial charge in [-0.05, 0) is 44.9 Å². The van der Waals surface area contributed by atoms with Crippen molar-refractivity contribution in [2.75, 3.05) is 47.5 Å². The average Bonchev–Trinajstić information content (AvgIpc) is 3.09. The minimum atomic E-state index is -4.67. The fourth-order valence-corrected chi connectivity index (χ4v) is 5.70. The molecule has 0 fully saturated rings. The molecule has 53 heavy (non-hydrogen) atoms. The van der Waals surface area contributed by atoms with Crippen LogP contribution in [0.1, 0.15) is 136 Å². The van der Waals surface area contributed by atoms with Gasteiger partial charge in [-0.15, -0.1) is 0 Å². The molecule has 0 aromatic rings. The fourth-order valence-electron chi connectivity index (χ4n) is 4.98. The number of rotatable bonds is 35. The van der Waals surface area contributed by atoms with Crippen LogP contribution in [-0.2, 0) is 32.7 Å². The Kier molecular flexibility index (Phi) is 32.7. The van der Waals surface area contributed by atoms with Gasteiger partial charge in [0, 0.05) is 12.8 Å². The summed E-state index contributed by atoms with van der Waals surface area (Å²) in [6, 6.07) is 0. The van der Waals surface area contributed by atoms with Crippen LogP contribution >= 0.6 is 7.82 Å². The van der Waals surface area contributed by atoms with E-state index in [1.807, 2.05) is 33.3 Å². The Morgan fingerprint density at radius 2 is 1.25 bits per heavy atom. The second-order valence-corrected chi connectivity index (χ2v) is 15.9. The number of allylic oxidation sites excluding steroid dienone is 9. The molecular weight excluding hydrogens is 693 g/mol. The zero-order valence-corrected chi connectivity index (χ0v) is 34.7. The van der Waals surface area contributed by atoms with E-state index in [2.05, 4.69) is 50.3 Å². The van der Waals surface area contributed by atoms with Gasteiger partial charge in [0.25, 0.3) is 7.82 Å². The molecule has 0 bridgehead atoms. The lowest BCUT2D eigenvalue weighted by atomic mass is 10.1. The number of unbranched alkanes of at least 4 members (excludes halogenated alkanes) is 10. The Bertz CT molecular complexity index is 1110. The Labute approximate surface area is 322 Å². The van der Waals surface area contributed by atoms with Gasteiger partial charge in [0.05, 0.1) is 33.9 Å². The van der Waals surface area contributed by atoms with Crippen LogP contribution in [0.4, 0.5) is 0 Å². The number of esters is 2. The van der Waals surface area contributed by atoms with E-state index in [1.54, 1.807) is 12.2 Å². The van der Waals surface area contributed by atoms with Crippen molar-refractivity contribution in [1.82, 2.24) is 0 Å². The molecule has 0 amide bonds. The number of hydrogen-bond donors (Lipinski definition) is 1. The number of aliphatic hydroxyl groups excluding tert-OH is 1. The second kappa shape index (κ2) is 34.2. The number of phosphoric ester groups is 1. The molecule has 0 radical (unpaired) electrons. The third-order valence-electron chi connectivity index (χ3n) is 8.16. The summed E-state index contributed by atoms with van der Waals surface area (Å²) in [6.45, 7) is 3.85. The standard InChI is InChI=1S/C42H74NO9P/c1-6-8-10-12-14-16-18-19-21-22-24-26-28-31-39(44)32-30-34-42(46)52-40(38-51-53(47,48)50-36-35-43(3,4)5)37-49-41(45)33-29-27-25-23-20-17-15-13-11-9-7-2/h8,10,14,16,19,21,24,26,28,31,39-40,44H,6-7,9,11-13,15,17-18,20,22-23,25,27,29-30,32-38H2,1-5H3/b10-8-,16-14-,21-19-,26-24-,31-28+/t39?,40-/m1/s1. The lowest BCUT2D eigenvalue weighted by Gasteiger charge is -2.28. The van der Waals surface area contributed by atoms with E-state index >= 15 is 0 Å². The van der Waals surface area contributed by atoms with Crippen molar-refractivity contribution in [3.8, 4) is 0 Å². The molecule has 0 aliphatic heterocycles. The van der Waals surface area contributed by atoms with Gasteiger partial charge >= 0.3 is 11.9 Å². The summed E-state index contributed by atoms with van der Waals surface area (Å²) in [5.41, 5.74) is 0. The van der Waals surface area contributed by atoms with E-state index < -0.39 is 38.6 Å². The van der Waals surface area contributed by atoms with E-state index in [9.17, 15) is 24.2 Å². The third kappa shape index (κ3) is 37.8. The maximum Gasteiger partial charge on any atom is 0.306 e. The average molecular weight is 768 g/mol. The first-order chi connectivity index (χ1) is 25.4. The van der Waals surface area contributed by atoms with Crippen LogP contribution in [0.15, 0.2) is 60.8 Å². The van der Waals surface area contributed by atoms with Crippen molar-refractivity contribution >= 4 is 19.8 Å². The van der Waals surface area contributed by atoms with E-state index in [0.717, 1.165) is 44.9 Å². The number of ether oxygens (including phenoxy) is 2. The molecule has 0 aliphatic carbocycles. The Morgan fingerprint density at radius 3 is 1.83 bits per heavy atom. The predicted molar refractivity (Wildman–Crippen MR) is 214 cm³/mol. The van der Waals surface area contributed by atoms with Gasteiger partial charge in [0.2, 0.25) is 0 Å². The second-order valence-electron chi connectivity index (χ2n) is 14.5. The molecule has 11 heteroatoms. The molecule has 0 aliphatic rings. The summed E-state index contributed by atoms with van der Waals surface area (Å²) in [6.07, 6.45) is 35.7. The maximum atomic E-state index is 12.6. The maximum absolute atomic E-state index is 12.6. The van der Waals surface area contributed by atoms with E-state index in [1.165, 1.54) is 44.9 Å². The molecule has 306 valence electrons. The molecular formula is C42H74NO9P. The quantitative estimate of drug-likeness (QED) is 0.0167. The smallest absolute Gasteiger partial charge is 0.306 e. The number of carbonyl (C=O) groups is 2. The number of hydrogen-bond acceptors (Lipinski definition) is 9. The summed E-state index contributed by atoms with van der Waals surface area (Å²) >= 11 is 0. The summed E-state index contributed by atoms with van der Waals surface area (Å²) in [4.78, 5) is 37.4. The molecule has 0 aromatic carbocycles. The molecule has 0 spiro atoms. The molecule has 1 N–H and O–H groups in total. The van der Waals surface area contributed by atoms with Gasteiger partial charge in [-0.2, -0.15) is 0 Å². The normalized spacial score (nSPS) is 14.9. The first-order valence-corrected chi connectivity index (χ1v) is 21.6. The molecule has 0 rings (SSSR count). The van der Waals surface area contributed by atoms with Crippen LogP contribution in [-0.4, -0.2) is 81.2 Å². The predicted octanol–water partition coefficient (Wildman–Crippen LogP) is 9.24. The Balaban J connectivity index is 4.64. The number of carbonyl (C=O) groups excluding carboxylic acids is 2. The lowest BCUT2D eigenvalue weighted by Crippen LogP contribution is -2.37. The largest absolute Gasteiger partial charge is 0.756 e. The van der Waals surface area contributed by atoms with Gasteiger partial charge < -0.3 is 33.0 Å². The molecule has 10 nitrogen and oxygen atoms in total. The van der Waals surface area contributed by atoms with Crippen LogP contribution in [0.25, 0.3) is 0 Å². The van der Waals surface area contributed by atoms with E-state index in [4.69, 9.17) is 18.5 Å². The minimum absolute atomic E-state index is 0.00685. The summed E-state index contributed by atoms with van der Waals surface area (Å²) in [7, 11) is 1.04. The first kappa shape index (κ1) is 50.7. The topological polar surface area (TPSA) is 131 Å². The van der Waals surface area contributed by atoms with Crippen molar-refractivity contribution < 1.29 is 47.2 Å². The van der Waals surface area contributed by atoms with Crippen molar-refractivity contribution in [3.63, 3.8) is 0 Å². The molecule has 0 saturated heterocycles. The number of likely N-dealkylation sites (N-methyl/N-ethyl adjacent to an activating group) is 1. The van der Waals surface area contributed by atoms with Gasteiger partial charge in [0.1, 0.15) is 19.8 Å². The number of aliphatic hydroxyl groups is 1. The van der Waals surface area contributed by atoms with Gasteiger partial charge in [-0.1, -0.05) is 139 Å². The first-order valence-electron chi connectivity index (χ1n) is 20.1. The monoisotopic (exact) mass is 768 g/mol. The summed E-state index contributed by atoms with van der Waals surface area (Å²) < 4.78 is 33.6. The highest BCUT2D eigenvalue weighted by Gasteiger charge is 2.22. The van der Waals surface area contributed by atoms with E-state index in [-0.39, 0.29) is 26.1 Å². The number of phosphoric acid groups is 1. The van der Waals surface area contributed by atoms with Crippen LogP contribution in [0.5, 0.6) is 0 Å². The summed E-state index contributed by atoms with van der Waals surface area (Å²) in [5, 5.41) is 10.3.